The lowest BCUT2D eigenvalue weighted by Crippen LogP contribution is -2.61. The monoisotopic (exact) mass is 542 g/mol. The molecule has 7 atom stereocenters. The van der Waals surface area contributed by atoms with Gasteiger partial charge in [0, 0.05) is 6.04 Å². The van der Waals surface area contributed by atoms with Crippen LogP contribution in [0.15, 0.2) is 54.6 Å². The van der Waals surface area contributed by atoms with Crippen molar-refractivity contribution in [2.24, 2.45) is 11.8 Å². The smallest absolute Gasteiger partial charge is 0.347 e. The van der Waals surface area contributed by atoms with Crippen LogP contribution in [0.4, 0.5) is 0 Å². The number of aliphatic hydroxyl groups is 2. The molecular formula is C29H38N2O8. The first-order valence-electron chi connectivity index (χ1n) is 13.1. The molecule has 1 heterocycles. The van der Waals surface area contributed by atoms with Gasteiger partial charge < -0.3 is 30.1 Å². The molecule has 1 saturated heterocycles. The summed E-state index contributed by atoms with van der Waals surface area (Å²) in [4.78, 5) is 39.1. The van der Waals surface area contributed by atoms with E-state index in [2.05, 4.69) is 10.6 Å². The summed E-state index contributed by atoms with van der Waals surface area (Å²) in [7, 11) is 0. The molecule has 2 aromatic carbocycles. The van der Waals surface area contributed by atoms with Crippen molar-refractivity contribution in [2.75, 3.05) is 0 Å². The fourth-order valence-corrected chi connectivity index (χ4v) is 4.51. The molecule has 0 bridgehead atoms. The Morgan fingerprint density at radius 2 is 1.62 bits per heavy atom. The van der Waals surface area contributed by atoms with Gasteiger partial charge >= 0.3 is 11.9 Å². The molecule has 1 aliphatic heterocycles. The number of nitrogens with one attached hydrogen (secondary N) is 2. The number of ether oxygens (including phenoxy) is 2. The van der Waals surface area contributed by atoms with Crippen LogP contribution >= 0.6 is 0 Å². The topological polar surface area (TPSA) is 154 Å². The number of hydrogen-bond acceptors (Lipinski definition) is 9. The van der Waals surface area contributed by atoms with E-state index in [9.17, 15) is 29.7 Å². The molecule has 1 fully saturated rings. The molecule has 1 amide bonds. The van der Waals surface area contributed by atoms with Gasteiger partial charge in [0.2, 0.25) is 0 Å². The molecule has 0 spiro atoms. The van der Waals surface area contributed by atoms with E-state index in [1.54, 1.807) is 12.1 Å². The zero-order chi connectivity index (χ0) is 28.7. The van der Waals surface area contributed by atoms with Crippen LogP contribution in [0.25, 0.3) is 0 Å². The molecule has 5 N–H and O–H groups in total. The minimum absolute atomic E-state index is 0.0200. The van der Waals surface area contributed by atoms with Crippen molar-refractivity contribution in [3.05, 3.63) is 65.7 Å². The molecule has 10 heteroatoms. The summed E-state index contributed by atoms with van der Waals surface area (Å²) in [6, 6.07) is 13.1. The molecule has 10 nitrogen and oxygen atoms in total. The fourth-order valence-electron chi connectivity index (χ4n) is 4.51. The van der Waals surface area contributed by atoms with Crippen LogP contribution in [0, 0.1) is 11.8 Å². The van der Waals surface area contributed by atoms with Gasteiger partial charge in [-0.2, -0.15) is 0 Å². The lowest BCUT2D eigenvalue weighted by atomic mass is 9.92. The van der Waals surface area contributed by atoms with E-state index < -0.39 is 60.4 Å². The molecule has 0 saturated carbocycles. The summed E-state index contributed by atoms with van der Waals surface area (Å²) in [5, 5.41) is 38.3. The van der Waals surface area contributed by atoms with E-state index in [1.165, 1.54) is 26.0 Å². The number of esters is 2. The van der Waals surface area contributed by atoms with Gasteiger partial charge in [0.25, 0.3) is 5.91 Å². The Morgan fingerprint density at radius 1 is 0.974 bits per heavy atom. The molecule has 0 radical (unpaired) electrons. The highest BCUT2D eigenvalue weighted by atomic mass is 16.6. The van der Waals surface area contributed by atoms with E-state index in [0.29, 0.717) is 0 Å². The van der Waals surface area contributed by atoms with Crippen molar-refractivity contribution >= 4 is 17.8 Å². The molecule has 2 unspecified atom stereocenters. The average molecular weight is 543 g/mol. The summed E-state index contributed by atoms with van der Waals surface area (Å²) in [6.07, 6.45) is -4.73. The molecular weight excluding hydrogens is 504 g/mol. The van der Waals surface area contributed by atoms with Crippen LogP contribution in [0.2, 0.25) is 0 Å². The van der Waals surface area contributed by atoms with Crippen molar-refractivity contribution in [3.8, 4) is 5.75 Å². The van der Waals surface area contributed by atoms with E-state index in [-0.39, 0.29) is 30.1 Å². The Balaban J connectivity index is 1.98. The average Bonchev–Trinajstić information content (AvgIpc) is 2.89. The SMILES string of the molecule is CC(C)CC1OC(=O)[C@H](C)[C@H](O)[C@H](Cc2ccccc2)NC(O)[C@@H](NC(=O)c2ccccc2O)[C@@H](C)OC1=O. The van der Waals surface area contributed by atoms with Crippen molar-refractivity contribution in [2.45, 2.75) is 77.2 Å². The van der Waals surface area contributed by atoms with Crippen molar-refractivity contribution in [3.63, 3.8) is 0 Å². The van der Waals surface area contributed by atoms with Gasteiger partial charge in [-0.25, -0.2) is 4.79 Å². The number of para-hydroxylation sites is 1. The highest BCUT2D eigenvalue weighted by Gasteiger charge is 2.40. The van der Waals surface area contributed by atoms with Crippen LogP contribution in [0.3, 0.4) is 0 Å². The Bertz CT molecular complexity index is 1130. The summed E-state index contributed by atoms with van der Waals surface area (Å²) in [6.45, 7) is 6.70. The number of carbonyl (C=O) groups excluding carboxylic acids is 3. The number of phenols is 1. The number of aliphatic hydroxyl groups excluding tert-OH is 2. The minimum atomic E-state index is -1.52. The van der Waals surface area contributed by atoms with Gasteiger partial charge in [-0.05, 0) is 50.3 Å². The van der Waals surface area contributed by atoms with E-state index >= 15 is 0 Å². The van der Waals surface area contributed by atoms with Gasteiger partial charge in [-0.15, -0.1) is 0 Å². The number of cyclic esters (lactones) is 2. The third-order valence-corrected chi connectivity index (χ3v) is 6.78. The van der Waals surface area contributed by atoms with Crippen molar-refractivity contribution in [1.29, 1.82) is 0 Å². The van der Waals surface area contributed by atoms with Gasteiger partial charge in [0.05, 0.1) is 17.6 Å². The first kappa shape index (κ1) is 30.1. The molecule has 1 aliphatic rings. The number of hydrogen-bond donors (Lipinski definition) is 5. The second-order valence-corrected chi connectivity index (χ2v) is 10.4. The van der Waals surface area contributed by atoms with E-state index in [4.69, 9.17) is 9.47 Å². The van der Waals surface area contributed by atoms with E-state index in [1.807, 2.05) is 44.2 Å². The van der Waals surface area contributed by atoms with Gasteiger partial charge in [-0.1, -0.05) is 56.3 Å². The highest BCUT2D eigenvalue weighted by molar-refractivity contribution is 5.97. The summed E-state index contributed by atoms with van der Waals surface area (Å²) in [5.41, 5.74) is 0.802. The zero-order valence-electron chi connectivity index (χ0n) is 22.6. The molecule has 2 aromatic rings. The fraction of sp³-hybridized carbons (Fsp3) is 0.483. The van der Waals surface area contributed by atoms with E-state index in [0.717, 1.165) is 5.56 Å². The van der Waals surface area contributed by atoms with Gasteiger partial charge in [0.15, 0.2) is 6.10 Å². The number of benzene rings is 2. The molecule has 212 valence electrons. The standard InChI is InChI=1S/C29H38N2O8/c1-16(2)14-23-29(37)38-18(4)24(31-26(34)20-12-8-9-13-22(20)32)27(35)30-21(15-19-10-6-5-7-11-19)25(33)17(3)28(36)39-23/h5-13,16-18,21,23-25,27,30,32-33,35H,14-15H2,1-4H3,(H,31,34)/t17-,18-,21+,23?,24+,25+,27?/m1/s1. The van der Waals surface area contributed by atoms with Crippen molar-refractivity contribution in [1.82, 2.24) is 10.6 Å². The predicted octanol–water partition coefficient (Wildman–Crippen LogP) is 1.91. The lowest BCUT2D eigenvalue weighted by Gasteiger charge is -2.36. The highest BCUT2D eigenvalue weighted by Crippen LogP contribution is 2.22. The maximum Gasteiger partial charge on any atom is 0.347 e. The predicted molar refractivity (Wildman–Crippen MR) is 142 cm³/mol. The summed E-state index contributed by atoms with van der Waals surface area (Å²) >= 11 is 0. The van der Waals surface area contributed by atoms with Crippen molar-refractivity contribution < 1.29 is 39.2 Å². The summed E-state index contributed by atoms with van der Waals surface area (Å²) in [5.74, 6) is -3.63. The third kappa shape index (κ3) is 8.01. The first-order valence-corrected chi connectivity index (χ1v) is 13.1. The minimum Gasteiger partial charge on any atom is -0.507 e. The maximum absolute atomic E-state index is 13.1. The third-order valence-electron chi connectivity index (χ3n) is 6.78. The second-order valence-electron chi connectivity index (χ2n) is 10.4. The lowest BCUT2D eigenvalue weighted by molar-refractivity contribution is -0.179. The number of aromatic hydroxyl groups is 1. The van der Waals surface area contributed by atoms with Crippen LogP contribution in [-0.4, -0.2) is 69.8 Å². The van der Waals surface area contributed by atoms with Gasteiger partial charge in [0.1, 0.15) is 24.1 Å². The largest absolute Gasteiger partial charge is 0.507 e. The molecule has 0 aromatic heterocycles. The maximum atomic E-state index is 13.1. The van der Waals surface area contributed by atoms with Crippen LogP contribution < -0.4 is 10.6 Å². The molecule has 0 aliphatic carbocycles. The number of rotatable bonds is 6. The Labute approximate surface area is 228 Å². The Hall–Kier alpha value is -3.47. The second kappa shape index (κ2) is 13.5. The Morgan fingerprint density at radius 3 is 2.26 bits per heavy atom. The number of amides is 1. The molecule has 39 heavy (non-hydrogen) atoms. The number of carbonyl (C=O) groups is 3. The number of phenolic OH excluding ortho intramolecular Hbond substituents is 1. The normalized spacial score (nSPS) is 28.5. The Kier molecular flexibility index (Phi) is 10.4. The van der Waals surface area contributed by atoms with Gasteiger partial charge in [-0.3, -0.25) is 14.9 Å². The molecule has 3 rings (SSSR count). The summed E-state index contributed by atoms with van der Waals surface area (Å²) < 4.78 is 11.1. The zero-order valence-corrected chi connectivity index (χ0v) is 22.6. The van der Waals surface area contributed by atoms with Crippen LogP contribution in [0.1, 0.15) is 50.0 Å². The van der Waals surface area contributed by atoms with Crippen LogP contribution in [0.5, 0.6) is 5.75 Å². The van der Waals surface area contributed by atoms with Crippen LogP contribution in [-0.2, 0) is 25.5 Å². The quantitative estimate of drug-likeness (QED) is 0.344. The first-order chi connectivity index (χ1) is 18.5.